The van der Waals surface area contributed by atoms with E-state index in [-0.39, 0.29) is 22.5 Å². The fourth-order valence-corrected chi connectivity index (χ4v) is 4.34. The van der Waals surface area contributed by atoms with Gasteiger partial charge in [0.1, 0.15) is 11.6 Å². The van der Waals surface area contributed by atoms with Gasteiger partial charge in [0.2, 0.25) is 0 Å². The quantitative estimate of drug-likeness (QED) is 0.847. The van der Waals surface area contributed by atoms with Crippen LogP contribution in [0.25, 0.3) is 0 Å². The van der Waals surface area contributed by atoms with Crippen molar-refractivity contribution in [2.45, 2.75) is 62.6 Å². The average Bonchev–Trinajstić information content (AvgIpc) is 2.45. The van der Waals surface area contributed by atoms with Crippen LogP contribution in [0.3, 0.4) is 0 Å². The SMILES string of the molecule is CCC(C)(C)C1CCC(N)C(Sc2cc(F)ccc2F)C1. The number of benzene rings is 1. The molecule has 3 atom stereocenters. The van der Waals surface area contributed by atoms with E-state index in [1.807, 2.05) is 0 Å². The van der Waals surface area contributed by atoms with Gasteiger partial charge in [-0.05, 0) is 48.8 Å². The molecule has 0 bridgehead atoms. The van der Waals surface area contributed by atoms with Crippen LogP contribution in [0, 0.1) is 23.0 Å². The van der Waals surface area contributed by atoms with Crippen molar-refractivity contribution in [2.75, 3.05) is 0 Å². The molecule has 118 valence electrons. The Morgan fingerprint density at radius 1 is 1.29 bits per heavy atom. The van der Waals surface area contributed by atoms with E-state index in [0.717, 1.165) is 31.7 Å². The number of halogens is 2. The number of nitrogens with two attached hydrogens (primary N) is 1. The highest BCUT2D eigenvalue weighted by Crippen LogP contribution is 2.44. The van der Waals surface area contributed by atoms with Crippen LogP contribution in [0.2, 0.25) is 0 Å². The van der Waals surface area contributed by atoms with Crippen LogP contribution in [0.15, 0.2) is 23.1 Å². The lowest BCUT2D eigenvalue weighted by Crippen LogP contribution is -2.42. The maximum absolute atomic E-state index is 13.8. The van der Waals surface area contributed by atoms with Crippen LogP contribution in [0.5, 0.6) is 0 Å². The van der Waals surface area contributed by atoms with E-state index in [1.54, 1.807) is 0 Å². The minimum absolute atomic E-state index is 0.0570. The Morgan fingerprint density at radius 3 is 2.67 bits per heavy atom. The zero-order valence-electron chi connectivity index (χ0n) is 13.0. The van der Waals surface area contributed by atoms with Crippen LogP contribution in [-0.4, -0.2) is 11.3 Å². The molecule has 1 aliphatic rings. The van der Waals surface area contributed by atoms with Crippen molar-refractivity contribution in [3.05, 3.63) is 29.8 Å². The smallest absolute Gasteiger partial charge is 0.136 e. The predicted molar refractivity (Wildman–Crippen MR) is 85.4 cm³/mol. The average molecular weight is 313 g/mol. The third-order valence-electron chi connectivity index (χ3n) is 5.03. The summed E-state index contributed by atoms with van der Waals surface area (Å²) in [5.74, 6) is -0.157. The van der Waals surface area contributed by atoms with E-state index in [1.165, 1.54) is 23.9 Å². The summed E-state index contributed by atoms with van der Waals surface area (Å²) < 4.78 is 27.1. The van der Waals surface area contributed by atoms with Crippen LogP contribution >= 0.6 is 11.8 Å². The van der Waals surface area contributed by atoms with Crippen LogP contribution in [-0.2, 0) is 0 Å². The van der Waals surface area contributed by atoms with E-state index in [4.69, 9.17) is 5.73 Å². The molecule has 3 unspecified atom stereocenters. The van der Waals surface area contributed by atoms with E-state index in [0.29, 0.717) is 10.8 Å². The van der Waals surface area contributed by atoms with Gasteiger partial charge < -0.3 is 5.73 Å². The second kappa shape index (κ2) is 6.66. The van der Waals surface area contributed by atoms with Gasteiger partial charge in [0, 0.05) is 16.2 Å². The summed E-state index contributed by atoms with van der Waals surface area (Å²) in [5.41, 5.74) is 6.50. The third-order valence-corrected chi connectivity index (χ3v) is 6.44. The van der Waals surface area contributed by atoms with Gasteiger partial charge in [0.15, 0.2) is 0 Å². The van der Waals surface area contributed by atoms with E-state index in [2.05, 4.69) is 20.8 Å². The molecule has 0 radical (unpaired) electrons. The second-order valence-corrected chi connectivity index (χ2v) is 8.03. The van der Waals surface area contributed by atoms with Crippen molar-refractivity contribution >= 4 is 11.8 Å². The number of thioether (sulfide) groups is 1. The predicted octanol–water partition coefficient (Wildman–Crippen LogP) is 4.99. The molecule has 1 aromatic carbocycles. The van der Waals surface area contributed by atoms with Crippen molar-refractivity contribution in [3.8, 4) is 0 Å². The molecule has 0 heterocycles. The van der Waals surface area contributed by atoms with Crippen molar-refractivity contribution in [1.82, 2.24) is 0 Å². The summed E-state index contributed by atoms with van der Waals surface area (Å²) in [6.07, 6.45) is 4.19. The first-order chi connectivity index (χ1) is 9.83. The molecule has 2 N–H and O–H groups in total. The summed E-state index contributed by atoms with van der Waals surface area (Å²) in [6, 6.07) is 3.69. The largest absolute Gasteiger partial charge is 0.327 e. The topological polar surface area (TPSA) is 26.0 Å². The minimum atomic E-state index is -0.395. The molecule has 1 nitrogen and oxygen atoms in total. The van der Waals surface area contributed by atoms with Crippen molar-refractivity contribution in [3.63, 3.8) is 0 Å². The Hall–Kier alpha value is -0.610. The van der Waals surface area contributed by atoms with Crippen LogP contribution < -0.4 is 5.73 Å². The van der Waals surface area contributed by atoms with Gasteiger partial charge in [-0.2, -0.15) is 0 Å². The monoisotopic (exact) mass is 313 g/mol. The number of hydrogen-bond donors (Lipinski definition) is 1. The Kier molecular flexibility index (Phi) is 5.31. The lowest BCUT2D eigenvalue weighted by molar-refractivity contribution is 0.148. The van der Waals surface area contributed by atoms with Gasteiger partial charge in [-0.1, -0.05) is 27.2 Å². The fourth-order valence-electron chi connectivity index (χ4n) is 3.02. The van der Waals surface area contributed by atoms with E-state index < -0.39 is 5.82 Å². The standard InChI is InChI=1S/C17H25F2NS/c1-4-17(2,3)11-5-8-14(20)16(9-11)21-15-10-12(18)6-7-13(15)19/h6-7,10-11,14,16H,4-5,8-9,20H2,1-3H3. The summed E-state index contributed by atoms with van der Waals surface area (Å²) in [4.78, 5) is 0.380. The molecule has 0 aliphatic heterocycles. The first kappa shape index (κ1) is 16.8. The first-order valence-corrected chi connectivity index (χ1v) is 8.58. The third kappa shape index (κ3) is 3.98. The molecule has 0 saturated heterocycles. The zero-order valence-corrected chi connectivity index (χ0v) is 13.9. The summed E-state index contributed by atoms with van der Waals surface area (Å²) >= 11 is 1.40. The van der Waals surface area contributed by atoms with Crippen molar-refractivity contribution < 1.29 is 8.78 Å². The van der Waals surface area contributed by atoms with Crippen LogP contribution in [0.1, 0.15) is 46.5 Å². The number of rotatable bonds is 4. The molecule has 4 heteroatoms. The summed E-state index contributed by atoms with van der Waals surface area (Å²) in [7, 11) is 0. The Balaban J connectivity index is 2.12. The lowest BCUT2D eigenvalue weighted by atomic mass is 9.69. The molecule has 0 amide bonds. The van der Waals surface area contributed by atoms with Gasteiger partial charge >= 0.3 is 0 Å². The first-order valence-electron chi connectivity index (χ1n) is 7.70. The Labute approximate surface area is 130 Å². The number of hydrogen-bond acceptors (Lipinski definition) is 2. The van der Waals surface area contributed by atoms with Crippen LogP contribution in [0.4, 0.5) is 8.78 Å². The molecule has 21 heavy (non-hydrogen) atoms. The highest BCUT2D eigenvalue weighted by Gasteiger charge is 2.36. The molecule has 0 aromatic heterocycles. The fraction of sp³-hybridized carbons (Fsp3) is 0.647. The Bertz CT molecular complexity index is 490. The molecule has 0 spiro atoms. The zero-order chi connectivity index (χ0) is 15.6. The maximum atomic E-state index is 13.8. The second-order valence-electron chi connectivity index (χ2n) is 6.75. The maximum Gasteiger partial charge on any atom is 0.136 e. The van der Waals surface area contributed by atoms with Gasteiger partial charge in [0.25, 0.3) is 0 Å². The van der Waals surface area contributed by atoms with E-state index >= 15 is 0 Å². The van der Waals surface area contributed by atoms with E-state index in [9.17, 15) is 8.78 Å². The minimum Gasteiger partial charge on any atom is -0.327 e. The summed E-state index contributed by atoms with van der Waals surface area (Å²) in [5, 5.41) is 0.158. The van der Waals surface area contributed by atoms with Gasteiger partial charge in [-0.15, -0.1) is 11.8 Å². The molecule has 1 fully saturated rings. The van der Waals surface area contributed by atoms with Crippen molar-refractivity contribution in [1.29, 1.82) is 0 Å². The molecule has 1 aliphatic carbocycles. The van der Waals surface area contributed by atoms with Gasteiger partial charge in [-0.3, -0.25) is 0 Å². The van der Waals surface area contributed by atoms with Gasteiger partial charge in [-0.25, -0.2) is 8.78 Å². The summed E-state index contributed by atoms with van der Waals surface area (Å²) in [6.45, 7) is 6.79. The highest BCUT2D eigenvalue weighted by molar-refractivity contribution is 8.00. The van der Waals surface area contributed by atoms with Gasteiger partial charge in [0.05, 0.1) is 0 Å². The van der Waals surface area contributed by atoms with Crippen molar-refractivity contribution in [2.24, 2.45) is 17.1 Å². The normalized spacial score (nSPS) is 26.9. The molecule has 1 aromatic rings. The molecule has 2 rings (SSSR count). The molecule has 1 saturated carbocycles. The molecular formula is C17H25F2NS. The lowest BCUT2D eigenvalue weighted by Gasteiger charge is -2.41. The Morgan fingerprint density at radius 2 is 2.00 bits per heavy atom. The molecular weight excluding hydrogens is 288 g/mol. The highest BCUT2D eigenvalue weighted by atomic mass is 32.2.